The van der Waals surface area contributed by atoms with Crippen LogP contribution in [-0.2, 0) is 4.79 Å². The zero-order valence-corrected chi connectivity index (χ0v) is 16.4. The van der Waals surface area contributed by atoms with Crippen LogP contribution < -0.4 is 5.11 Å². The van der Waals surface area contributed by atoms with Gasteiger partial charge in [0.05, 0.1) is 21.5 Å². The lowest BCUT2D eigenvalue weighted by Gasteiger charge is -2.12. The number of carbonyl (C=O) groups is 2. The molecule has 1 aliphatic rings. The maximum atomic E-state index is 12.7. The number of aromatic carboxylic acids is 1. The molecule has 0 bridgehead atoms. The first-order valence-electron chi connectivity index (χ1n) is 8.66. The summed E-state index contributed by atoms with van der Waals surface area (Å²) in [5, 5.41) is 22.4. The molecule has 1 heterocycles. The van der Waals surface area contributed by atoms with Gasteiger partial charge in [0.1, 0.15) is 0 Å². The fourth-order valence-corrected chi connectivity index (χ4v) is 3.78. The number of aryl methyl sites for hydroxylation is 1. The highest BCUT2D eigenvalue weighted by molar-refractivity contribution is 8.18. The summed E-state index contributed by atoms with van der Waals surface area (Å²) in [6.45, 7) is 3.86. The van der Waals surface area contributed by atoms with Gasteiger partial charge < -0.3 is 9.90 Å². The normalized spacial score (nSPS) is 16.6. The Labute approximate surface area is 170 Å². The van der Waals surface area contributed by atoms with Gasteiger partial charge >= 0.3 is 0 Å². The highest BCUT2D eigenvalue weighted by atomic mass is 32.2. The number of nitro benzene ring substituents is 1. The van der Waals surface area contributed by atoms with Crippen molar-refractivity contribution in [2.24, 2.45) is 4.99 Å². The first-order valence-corrected chi connectivity index (χ1v) is 9.48. The molecule has 1 saturated heterocycles. The summed E-state index contributed by atoms with van der Waals surface area (Å²) in [6, 6.07) is 10.6. The summed E-state index contributed by atoms with van der Waals surface area (Å²) in [7, 11) is 0. The standard InChI is InChI=1S/C20H17N3O5S/c1-3-22-18(24)17(11-13-5-4-12(2)16(10-13)23(27)28)29-20(22)21-15-8-6-14(7-9-15)19(25)26/h4-11H,3H2,1-2H3,(H,25,26)/p-1/b17-11+,21-20?. The van der Waals surface area contributed by atoms with Crippen molar-refractivity contribution in [1.82, 2.24) is 4.90 Å². The van der Waals surface area contributed by atoms with Gasteiger partial charge in [-0.15, -0.1) is 0 Å². The molecule has 0 aliphatic carbocycles. The summed E-state index contributed by atoms with van der Waals surface area (Å²) in [6.07, 6.45) is 1.60. The van der Waals surface area contributed by atoms with E-state index in [2.05, 4.69) is 4.99 Å². The van der Waals surface area contributed by atoms with Crippen molar-refractivity contribution in [3.05, 3.63) is 74.2 Å². The third-order valence-electron chi connectivity index (χ3n) is 4.26. The lowest BCUT2D eigenvalue weighted by molar-refractivity contribution is -0.385. The summed E-state index contributed by atoms with van der Waals surface area (Å²) in [5.74, 6) is -1.52. The quantitative estimate of drug-likeness (QED) is 0.425. The number of hydrogen-bond acceptors (Lipinski definition) is 7. The predicted octanol–water partition coefficient (Wildman–Crippen LogP) is 2.89. The number of benzene rings is 2. The number of nitrogens with zero attached hydrogens (tertiary/aromatic N) is 3. The zero-order chi connectivity index (χ0) is 21.1. The fraction of sp³-hybridized carbons (Fsp3) is 0.150. The Morgan fingerprint density at radius 1 is 1.24 bits per heavy atom. The van der Waals surface area contributed by atoms with E-state index >= 15 is 0 Å². The van der Waals surface area contributed by atoms with Crippen LogP contribution in [0.5, 0.6) is 0 Å². The third kappa shape index (κ3) is 4.35. The van der Waals surface area contributed by atoms with E-state index in [-0.39, 0.29) is 17.2 Å². The van der Waals surface area contributed by atoms with Crippen LogP contribution in [0.2, 0.25) is 0 Å². The van der Waals surface area contributed by atoms with Gasteiger partial charge in [-0.25, -0.2) is 4.99 Å². The van der Waals surface area contributed by atoms with Crippen LogP contribution in [0, 0.1) is 17.0 Å². The Morgan fingerprint density at radius 2 is 1.93 bits per heavy atom. The van der Waals surface area contributed by atoms with E-state index < -0.39 is 10.9 Å². The number of amides is 1. The summed E-state index contributed by atoms with van der Waals surface area (Å²) in [5.41, 5.74) is 1.62. The van der Waals surface area contributed by atoms with Crippen molar-refractivity contribution in [2.75, 3.05) is 6.54 Å². The van der Waals surface area contributed by atoms with Crippen LogP contribution in [0.25, 0.3) is 6.08 Å². The Kier molecular flexibility index (Phi) is 5.79. The van der Waals surface area contributed by atoms with Gasteiger partial charge in [0.2, 0.25) is 0 Å². The van der Waals surface area contributed by atoms with Crippen LogP contribution in [0.15, 0.2) is 52.4 Å². The van der Waals surface area contributed by atoms with E-state index in [0.29, 0.717) is 33.4 Å². The fourth-order valence-electron chi connectivity index (χ4n) is 2.72. The Hall–Kier alpha value is -3.46. The molecule has 9 heteroatoms. The SMILES string of the molecule is CCN1C(=O)/C(=C\c2ccc(C)c([N+](=O)[O-])c2)SC1=Nc1ccc(C(=O)[O-])cc1. The first kappa shape index (κ1) is 20.3. The van der Waals surface area contributed by atoms with Crippen molar-refractivity contribution < 1.29 is 19.6 Å². The van der Waals surface area contributed by atoms with E-state index in [9.17, 15) is 24.8 Å². The molecule has 148 valence electrons. The Bertz CT molecular complexity index is 1060. The van der Waals surface area contributed by atoms with E-state index in [1.807, 2.05) is 6.92 Å². The maximum Gasteiger partial charge on any atom is 0.272 e. The van der Waals surface area contributed by atoms with Crippen LogP contribution >= 0.6 is 11.8 Å². The van der Waals surface area contributed by atoms with Crippen molar-refractivity contribution >= 4 is 46.3 Å². The molecule has 1 amide bonds. The molecule has 0 spiro atoms. The number of aliphatic imine (C=N–C) groups is 1. The number of rotatable bonds is 5. The molecular formula is C20H16N3O5S-. The average Bonchev–Trinajstić information content (AvgIpc) is 2.97. The minimum atomic E-state index is -1.28. The van der Waals surface area contributed by atoms with Crippen molar-refractivity contribution in [3.8, 4) is 0 Å². The average molecular weight is 410 g/mol. The number of amidine groups is 1. The van der Waals surface area contributed by atoms with Crippen molar-refractivity contribution in [3.63, 3.8) is 0 Å². The lowest BCUT2D eigenvalue weighted by Crippen LogP contribution is -2.28. The molecule has 0 atom stereocenters. The second kappa shape index (κ2) is 8.27. The molecule has 3 rings (SSSR count). The van der Waals surface area contributed by atoms with Crippen LogP contribution in [-0.4, -0.2) is 33.4 Å². The number of thioether (sulfide) groups is 1. The number of carbonyl (C=O) groups excluding carboxylic acids is 2. The number of likely N-dealkylation sites (N-methyl/N-ethyl adjacent to an activating group) is 1. The second-order valence-electron chi connectivity index (χ2n) is 6.19. The van der Waals surface area contributed by atoms with Crippen LogP contribution in [0.4, 0.5) is 11.4 Å². The Morgan fingerprint density at radius 3 is 2.52 bits per heavy atom. The minimum Gasteiger partial charge on any atom is -0.545 e. The molecule has 1 fully saturated rings. The van der Waals surface area contributed by atoms with E-state index in [0.717, 1.165) is 11.8 Å². The zero-order valence-electron chi connectivity index (χ0n) is 15.6. The number of carboxylic acids is 1. The summed E-state index contributed by atoms with van der Waals surface area (Å²) in [4.78, 5) is 40.6. The van der Waals surface area contributed by atoms with Crippen LogP contribution in [0.3, 0.4) is 0 Å². The van der Waals surface area contributed by atoms with E-state index in [4.69, 9.17) is 0 Å². The third-order valence-corrected chi connectivity index (χ3v) is 5.27. The highest BCUT2D eigenvalue weighted by Gasteiger charge is 2.32. The van der Waals surface area contributed by atoms with E-state index in [1.165, 1.54) is 35.2 Å². The van der Waals surface area contributed by atoms with Crippen LogP contribution in [0.1, 0.15) is 28.4 Å². The van der Waals surface area contributed by atoms with Gasteiger partial charge in [0.15, 0.2) is 5.17 Å². The van der Waals surface area contributed by atoms with Gasteiger partial charge in [-0.3, -0.25) is 19.8 Å². The first-order chi connectivity index (χ1) is 13.8. The maximum absolute atomic E-state index is 12.7. The molecular weight excluding hydrogens is 394 g/mol. The molecule has 0 N–H and O–H groups in total. The van der Waals surface area contributed by atoms with Gasteiger partial charge in [-0.2, -0.15) is 0 Å². The lowest BCUT2D eigenvalue weighted by atomic mass is 10.1. The van der Waals surface area contributed by atoms with Gasteiger partial charge in [0.25, 0.3) is 11.6 Å². The molecule has 1 aliphatic heterocycles. The van der Waals surface area contributed by atoms with Crippen molar-refractivity contribution in [1.29, 1.82) is 0 Å². The predicted molar refractivity (Wildman–Crippen MR) is 109 cm³/mol. The molecule has 0 unspecified atom stereocenters. The number of carboxylic acid groups (broad SMARTS) is 1. The molecule has 0 radical (unpaired) electrons. The smallest absolute Gasteiger partial charge is 0.272 e. The molecule has 29 heavy (non-hydrogen) atoms. The minimum absolute atomic E-state index is 0.0101. The highest BCUT2D eigenvalue weighted by Crippen LogP contribution is 2.34. The summed E-state index contributed by atoms with van der Waals surface area (Å²) >= 11 is 1.16. The monoisotopic (exact) mass is 410 g/mol. The largest absolute Gasteiger partial charge is 0.545 e. The molecule has 0 aromatic heterocycles. The van der Waals surface area contributed by atoms with Gasteiger partial charge in [-0.1, -0.05) is 24.3 Å². The number of nitro groups is 1. The Balaban J connectivity index is 1.92. The molecule has 2 aromatic rings. The number of hydrogen-bond donors (Lipinski definition) is 0. The molecule has 2 aromatic carbocycles. The molecule has 8 nitrogen and oxygen atoms in total. The topological polar surface area (TPSA) is 116 Å². The molecule has 0 saturated carbocycles. The van der Waals surface area contributed by atoms with Gasteiger partial charge in [0, 0.05) is 18.2 Å². The van der Waals surface area contributed by atoms with E-state index in [1.54, 1.807) is 25.1 Å². The second-order valence-corrected chi connectivity index (χ2v) is 7.20. The van der Waals surface area contributed by atoms with Gasteiger partial charge in [-0.05, 0) is 54.9 Å². The summed E-state index contributed by atoms with van der Waals surface area (Å²) < 4.78 is 0. The van der Waals surface area contributed by atoms with Crippen molar-refractivity contribution in [2.45, 2.75) is 13.8 Å².